The lowest BCUT2D eigenvalue weighted by molar-refractivity contribution is 0.188. The molecule has 0 aliphatic carbocycles. The van der Waals surface area contributed by atoms with E-state index >= 15 is 0 Å². The zero-order chi connectivity index (χ0) is 23.5. The van der Waals surface area contributed by atoms with Crippen molar-refractivity contribution in [2.75, 3.05) is 13.1 Å². The van der Waals surface area contributed by atoms with Crippen LogP contribution in [0.15, 0.2) is 102 Å². The van der Waals surface area contributed by atoms with Crippen LogP contribution < -0.4 is 10.4 Å². The lowest BCUT2D eigenvalue weighted by atomic mass is 10.1. The minimum atomic E-state index is -3.59. The van der Waals surface area contributed by atoms with Crippen molar-refractivity contribution in [3.05, 3.63) is 103 Å². The largest absolute Gasteiger partial charge is 0.403 e. The van der Waals surface area contributed by atoms with E-state index in [0.717, 1.165) is 5.56 Å². The summed E-state index contributed by atoms with van der Waals surface area (Å²) in [6.45, 7) is 6.89. The van der Waals surface area contributed by atoms with Gasteiger partial charge in [-0.15, -0.1) is 0 Å². The van der Waals surface area contributed by atoms with Crippen molar-refractivity contribution in [3.8, 4) is 0 Å². The van der Waals surface area contributed by atoms with E-state index < -0.39 is 18.3 Å². The van der Waals surface area contributed by atoms with Gasteiger partial charge in [-0.3, -0.25) is 0 Å². The van der Waals surface area contributed by atoms with Gasteiger partial charge < -0.3 is 4.43 Å². The fourth-order valence-corrected chi connectivity index (χ4v) is 9.10. The van der Waals surface area contributed by atoms with Gasteiger partial charge >= 0.3 is 0 Å². The molecule has 1 aliphatic heterocycles. The number of aryl methyl sites for hydroxylation is 1. The van der Waals surface area contributed by atoms with Gasteiger partial charge in [0, 0.05) is 19.0 Å². The molecule has 0 amide bonds. The zero-order valence-electron chi connectivity index (χ0n) is 19.4. The molecule has 3 aromatic rings. The highest BCUT2D eigenvalue weighted by Gasteiger charge is 2.44. The molecule has 0 aromatic heterocycles. The highest BCUT2D eigenvalue weighted by atomic mass is 32.2. The maximum atomic E-state index is 13.4. The molecule has 1 fully saturated rings. The maximum Gasteiger partial charge on any atom is 0.253 e. The SMILES string of the molecule is C/C=C/[C@@H]1CN(S(=O)(=O)c2ccc(C)cc2)C[C@@H]1O[Si](C)(c1ccccc1)c1ccccc1. The number of hydrogen-bond acceptors (Lipinski definition) is 3. The lowest BCUT2D eigenvalue weighted by Gasteiger charge is -2.33. The minimum absolute atomic E-state index is 0.00512. The number of hydrogen-bond donors (Lipinski definition) is 0. The van der Waals surface area contributed by atoms with Crippen molar-refractivity contribution in [2.45, 2.75) is 31.4 Å². The average molecular weight is 478 g/mol. The lowest BCUT2D eigenvalue weighted by Crippen LogP contribution is -2.60. The Balaban J connectivity index is 1.68. The Morgan fingerprint density at radius 3 is 1.94 bits per heavy atom. The predicted octanol–water partition coefficient (Wildman–Crippen LogP) is 3.97. The van der Waals surface area contributed by atoms with Crippen LogP contribution in [0.1, 0.15) is 12.5 Å². The Bertz CT molecular complexity index is 1160. The summed E-state index contributed by atoms with van der Waals surface area (Å²) in [4.78, 5) is 0.333. The second-order valence-electron chi connectivity index (χ2n) is 8.75. The van der Waals surface area contributed by atoms with E-state index in [1.165, 1.54) is 10.4 Å². The number of allylic oxidation sites excluding steroid dienone is 1. The molecule has 1 saturated heterocycles. The Hall–Kier alpha value is -2.51. The topological polar surface area (TPSA) is 46.6 Å². The van der Waals surface area contributed by atoms with E-state index in [1.54, 1.807) is 16.4 Å². The third-order valence-electron chi connectivity index (χ3n) is 6.41. The smallest absolute Gasteiger partial charge is 0.253 e. The minimum Gasteiger partial charge on any atom is -0.403 e. The van der Waals surface area contributed by atoms with E-state index in [2.05, 4.69) is 36.9 Å². The number of rotatable bonds is 7. The van der Waals surface area contributed by atoms with E-state index in [4.69, 9.17) is 4.43 Å². The van der Waals surface area contributed by atoms with E-state index in [0.29, 0.717) is 18.0 Å². The fourth-order valence-electron chi connectivity index (χ4n) is 4.49. The van der Waals surface area contributed by atoms with Crippen molar-refractivity contribution in [3.63, 3.8) is 0 Å². The number of benzene rings is 3. The summed E-state index contributed by atoms with van der Waals surface area (Å²) in [5.74, 6) is -0.00512. The summed E-state index contributed by atoms with van der Waals surface area (Å²) in [6.07, 6.45) is 3.85. The highest BCUT2D eigenvalue weighted by molar-refractivity contribution is 7.89. The Labute approximate surface area is 198 Å². The van der Waals surface area contributed by atoms with Crippen LogP contribution in [-0.4, -0.2) is 40.2 Å². The molecule has 172 valence electrons. The van der Waals surface area contributed by atoms with Crippen molar-refractivity contribution in [1.82, 2.24) is 4.31 Å². The van der Waals surface area contributed by atoms with Crippen molar-refractivity contribution >= 4 is 28.7 Å². The number of sulfonamides is 1. The molecular weight excluding hydrogens is 446 g/mol. The van der Waals surface area contributed by atoms with Crippen LogP contribution in [0.2, 0.25) is 6.55 Å². The summed E-state index contributed by atoms with van der Waals surface area (Å²) >= 11 is 0. The van der Waals surface area contributed by atoms with Crippen molar-refractivity contribution in [2.24, 2.45) is 5.92 Å². The molecule has 2 atom stereocenters. The normalized spacial score (nSPS) is 19.8. The van der Waals surface area contributed by atoms with Crippen molar-refractivity contribution < 1.29 is 12.8 Å². The summed E-state index contributed by atoms with van der Waals surface area (Å²) in [5, 5.41) is 2.35. The summed E-state index contributed by atoms with van der Waals surface area (Å²) < 4.78 is 35.4. The van der Waals surface area contributed by atoms with Gasteiger partial charge in [-0.05, 0) is 42.9 Å². The first-order chi connectivity index (χ1) is 15.8. The van der Waals surface area contributed by atoms with Crippen LogP contribution in [0.3, 0.4) is 0 Å². The standard InChI is InChI=1S/C27H31NO3SSi/c1-4-11-23-20-28(32(29,30)24-18-16-22(2)17-19-24)21-27(23)31-33(3,25-12-7-5-8-13-25)26-14-9-6-10-15-26/h4-19,23,27H,20-21H2,1-3H3/b11-4+/t23-,27+/m1/s1. The van der Waals surface area contributed by atoms with Gasteiger partial charge in [0.15, 0.2) is 0 Å². The van der Waals surface area contributed by atoms with Crippen LogP contribution in [0.4, 0.5) is 0 Å². The summed E-state index contributed by atoms with van der Waals surface area (Å²) in [5.41, 5.74) is 1.04. The van der Waals surface area contributed by atoms with E-state index in [1.807, 2.05) is 68.5 Å². The van der Waals surface area contributed by atoms with Crippen LogP contribution in [-0.2, 0) is 14.4 Å². The summed E-state index contributed by atoms with van der Waals surface area (Å²) in [6, 6.07) is 27.8. The molecule has 6 heteroatoms. The highest BCUT2D eigenvalue weighted by Crippen LogP contribution is 2.29. The molecule has 4 rings (SSSR count). The summed E-state index contributed by atoms with van der Waals surface area (Å²) in [7, 11) is -6.16. The Morgan fingerprint density at radius 1 is 0.879 bits per heavy atom. The molecule has 0 bridgehead atoms. The third kappa shape index (κ3) is 4.89. The molecule has 1 aliphatic rings. The fraction of sp³-hybridized carbons (Fsp3) is 0.259. The Morgan fingerprint density at radius 2 is 1.42 bits per heavy atom. The van der Waals surface area contributed by atoms with Gasteiger partial charge in [-0.25, -0.2) is 8.42 Å². The van der Waals surface area contributed by atoms with Gasteiger partial charge in [0.2, 0.25) is 10.0 Å². The molecule has 4 nitrogen and oxygen atoms in total. The maximum absolute atomic E-state index is 13.4. The molecule has 0 radical (unpaired) electrons. The van der Waals surface area contributed by atoms with E-state index in [9.17, 15) is 8.42 Å². The van der Waals surface area contributed by atoms with Crippen LogP contribution in [0.25, 0.3) is 0 Å². The molecule has 0 N–H and O–H groups in total. The van der Waals surface area contributed by atoms with Crippen molar-refractivity contribution in [1.29, 1.82) is 0 Å². The average Bonchev–Trinajstić information content (AvgIpc) is 3.23. The van der Waals surface area contributed by atoms with E-state index in [-0.39, 0.29) is 12.0 Å². The Kier molecular flexibility index (Phi) is 7.00. The van der Waals surface area contributed by atoms with Gasteiger partial charge in [-0.2, -0.15) is 4.31 Å². The van der Waals surface area contributed by atoms with Gasteiger partial charge in [0.05, 0.1) is 11.0 Å². The third-order valence-corrected chi connectivity index (χ3v) is 11.9. The number of nitrogens with zero attached hydrogens (tertiary/aromatic N) is 1. The molecule has 3 aromatic carbocycles. The molecule has 0 unspecified atom stereocenters. The first kappa shape index (κ1) is 23.6. The first-order valence-corrected chi connectivity index (χ1v) is 15.2. The first-order valence-electron chi connectivity index (χ1n) is 11.3. The molecule has 0 spiro atoms. The van der Waals surface area contributed by atoms with Crippen LogP contribution in [0.5, 0.6) is 0 Å². The molecular formula is C27H31NO3SSi. The monoisotopic (exact) mass is 477 g/mol. The van der Waals surface area contributed by atoms with Crippen LogP contribution >= 0.6 is 0 Å². The zero-order valence-corrected chi connectivity index (χ0v) is 21.2. The predicted molar refractivity (Wildman–Crippen MR) is 137 cm³/mol. The molecule has 33 heavy (non-hydrogen) atoms. The van der Waals surface area contributed by atoms with Crippen LogP contribution in [0, 0.1) is 12.8 Å². The quantitative estimate of drug-likeness (QED) is 0.382. The van der Waals surface area contributed by atoms with Gasteiger partial charge in [-0.1, -0.05) is 90.5 Å². The van der Waals surface area contributed by atoms with Gasteiger partial charge in [0.25, 0.3) is 8.32 Å². The molecule has 1 heterocycles. The second kappa shape index (κ2) is 9.77. The molecule has 0 saturated carbocycles. The second-order valence-corrected chi connectivity index (χ2v) is 14.1. The van der Waals surface area contributed by atoms with Gasteiger partial charge in [0.1, 0.15) is 0 Å².